The number of Topliss-reactive ketones (excluding diaryl/α,β-unsaturated/α-hetero) is 1. The summed E-state index contributed by atoms with van der Waals surface area (Å²) in [5.41, 5.74) is 8.32. The lowest BCUT2D eigenvalue weighted by Gasteiger charge is -2.31. The second-order valence-corrected chi connectivity index (χ2v) is 13.4. The minimum Gasteiger partial charge on any atom is -0.468 e. The first-order valence-corrected chi connectivity index (χ1v) is 14.5. The molecule has 10 heteroatoms. The number of nitrogens with two attached hydrogens (primary N) is 1. The lowest BCUT2D eigenvalue weighted by atomic mass is 9.72. The molecule has 0 radical (unpaired) electrons. The van der Waals surface area contributed by atoms with Crippen LogP contribution in [0, 0.1) is 16.7 Å². The number of pyridine rings is 2. The molecular weight excluding hydrogens is 628 g/mol. The van der Waals surface area contributed by atoms with Crippen molar-refractivity contribution in [3.05, 3.63) is 67.2 Å². The van der Waals surface area contributed by atoms with Gasteiger partial charge in [0.05, 0.1) is 12.8 Å². The van der Waals surface area contributed by atoms with Crippen LogP contribution < -0.4 is 11.3 Å². The number of carbonyl (C=O) groups excluding carboxylic acids is 2. The van der Waals surface area contributed by atoms with Crippen LogP contribution >= 0.6 is 31.9 Å². The maximum atomic E-state index is 12.4. The van der Waals surface area contributed by atoms with Crippen molar-refractivity contribution in [2.24, 2.45) is 16.7 Å². The van der Waals surface area contributed by atoms with Gasteiger partial charge in [-0.3, -0.25) is 18.8 Å². The number of ketones is 1. The number of hydrogen-bond acceptors (Lipinski definition) is 7. The van der Waals surface area contributed by atoms with E-state index in [9.17, 15) is 14.4 Å². The SMILES string of the molecule is CC1(C)CCc2c(nc3cc(Br)ccn3c2=O)C1.COC(=O)C1CCC(C)(C)CC1=O.Nc1cc(Br)ccn1. The summed E-state index contributed by atoms with van der Waals surface area (Å²) in [6, 6.07) is 7.34. The molecule has 39 heavy (non-hydrogen) atoms. The first kappa shape index (κ1) is 30.9. The van der Waals surface area contributed by atoms with Gasteiger partial charge in [0.15, 0.2) is 0 Å². The summed E-state index contributed by atoms with van der Waals surface area (Å²) in [6.45, 7) is 8.58. The van der Waals surface area contributed by atoms with Crippen molar-refractivity contribution < 1.29 is 14.3 Å². The highest BCUT2D eigenvalue weighted by atomic mass is 79.9. The normalized spacial score (nSPS) is 19.1. The highest BCUT2D eigenvalue weighted by molar-refractivity contribution is 9.10. The first-order chi connectivity index (χ1) is 18.2. The highest BCUT2D eigenvalue weighted by Gasteiger charge is 2.37. The maximum absolute atomic E-state index is 12.4. The number of halogens is 2. The summed E-state index contributed by atoms with van der Waals surface area (Å²) in [6.07, 6.45) is 8.27. The second kappa shape index (κ2) is 12.7. The van der Waals surface area contributed by atoms with Crippen LogP contribution in [0.3, 0.4) is 0 Å². The molecule has 0 aromatic carbocycles. The van der Waals surface area contributed by atoms with Crippen molar-refractivity contribution in [3.63, 3.8) is 0 Å². The fourth-order valence-corrected chi connectivity index (χ4v) is 5.47. The van der Waals surface area contributed by atoms with E-state index in [4.69, 9.17) is 5.73 Å². The Morgan fingerprint density at radius 1 is 1.05 bits per heavy atom. The van der Waals surface area contributed by atoms with Gasteiger partial charge in [-0.1, -0.05) is 59.6 Å². The number of anilines is 1. The molecule has 0 saturated heterocycles. The predicted molar refractivity (Wildman–Crippen MR) is 159 cm³/mol. The molecule has 5 rings (SSSR count). The van der Waals surface area contributed by atoms with E-state index in [0.29, 0.717) is 18.7 Å². The zero-order chi connectivity index (χ0) is 29.0. The number of aromatic nitrogens is 3. The first-order valence-electron chi connectivity index (χ1n) is 12.9. The average molecular weight is 664 g/mol. The number of esters is 1. The van der Waals surface area contributed by atoms with E-state index < -0.39 is 5.92 Å². The Bertz CT molecular complexity index is 1400. The van der Waals surface area contributed by atoms with Gasteiger partial charge in [0.25, 0.3) is 5.56 Å². The Morgan fingerprint density at radius 3 is 2.31 bits per heavy atom. The number of ether oxygens (including phenoxy) is 1. The third-order valence-electron chi connectivity index (χ3n) is 7.05. The van der Waals surface area contributed by atoms with E-state index in [0.717, 1.165) is 51.5 Å². The van der Waals surface area contributed by atoms with Gasteiger partial charge in [0.1, 0.15) is 23.2 Å². The number of methoxy groups -OCH3 is 1. The molecule has 2 N–H and O–H groups in total. The molecule has 3 heterocycles. The minimum atomic E-state index is -0.502. The average Bonchev–Trinajstić information content (AvgIpc) is 2.83. The van der Waals surface area contributed by atoms with Crippen molar-refractivity contribution in [3.8, 4) is 0 Å². The summed E-state index contributed by atoms with van der Waals surface area (Å²) in [7, 11) is 1.33. The molecule has 0 amide bonds. The van der Waals surface area contributed by atoms with Crippen molar-refractivity contribution in [1.29, 1.82) is 0 Å². The van der Waals surface area contributed by atoms with E-state index >= 15 is 0 Å². The van der Waals surface area contributed by atoms with Crippen LogP contribution in [-0.4, -0.2) is 33.2 Å². The zero-order valence-electron chi connectivity index (χ0n) is 23.1. The van der Waals surface area contributed by atoms with Crippen molar-refractivity contribution in [1.82, 2.24) is 14.4 Å². The van der Waals surface area contributed by atoms with Crippen molar-refractivity contribution >= 4 is 55.1 Å². The molecule has 1 atom stereocenters. The molecule has 0 aliphatic heterocycles. The molecule has 1 saturated carbocycles. The molecule has 210 valence electrons. The van der Waals surface area contributed by atoms with Gasteiger partial charge >= 0.3 is 5.97 Å². The van der Waals surface area contributed by atoms with E-state index in [-0.39, 0.29) is 28.1 Å². The van der Waals surface area contributed by atoms with Gasteiger partial charge in [0, 0.05) is 33.3 Å². The standard InChI is InChI=1S/C14H15BrN2O.C10H16O3.C5H5BrN2/c1-14(2)5-3-10-11(8-14)16-12-7-9(15)4-6-17(12)13(10)18;1-10(2)5-4-7(8(11)6-10)9(12)13-3;6-4-1-2-8-5(7)3-4/h4,6-7H,3,5,8H2,1-2H3;7H,4-6H2,1-3H3;1-3H,(H2,7,8). The Kier molecular flexibility index (Phi) is 10.1. The van der Waals surface area contributed by atoms with Gasteiger partial charge in [-0.15, -0.1) is 0 Å². The maximum Gasteiger partial charge on any atom is 0.316 e. The van der Waals surface area contributed by atoms with E-state index in [2.05, 4.69) is 74.3 Å². The topological polar surface area (TPSA) is 117 Å². The summed E-state index contributed by atoms with van der Waals surface area (Å²) in [5, 5.41) is 0. The van der Waals surface area contributed by atoms with Gasteiger partial charge in [-0.05, 0) is 67.2 Å². The van der Waals surface area contributed by atoms with Crippen LogP contribution in [-0.2, 0) is 27.2 Å². The largest absolute Gasteiger partial charge is 0.468 e. The molecule has 3 aromatic rings. The Morgan fingerprint density at radius 2 is 1.72 bits per heavy atom. The lowest BCUT2D eigenvalue weighted by Crippen LogP contribution is -2.35. The minimum absolute atomic E-state index is 0.0306. The molecular formula is C29H36Br2N4O4. The third-order valence-corrected chi connectivity index (χ3v) is 8.04. The van der Waals surface area contributed by atoms with Crippen LogP contribution in [0.4, 0.5) is 5.82 Å². The Balaban J connectivity index is 0.000000175. The van der Waals surface area contributed by atoms with Crippen LogP contribution in [0.2, 0.25) is 0 Å². The fraction of sp³-hybridized carbons (Fsp3) is 0.483. The molecule has 2 aliphatic rings. The Hall–Kier alpha value is -2.59. The molecule has 8 nitrogen and oxygen atoms in total. The monoisotopic (exact) mass is 662 g/mol. The molecule has 0 spiro atoms. The van der Waals surface area contributed by atoms with Crippen LogP contribution in [0.25, 0.3) is 5.65 Å². The van der Waals surface area contributed by atoms with Crippen LogP contribution in [0.1, 0.15) is 64.6 Å². The fourth-order valence-electron chi connectivity index (χ4n) is 4.79. The molecule has 0 bridgehead atoms. The molecule has 1 unspecified atom stereocenters. The molecule has 3 aromatic heterocycles. The van der Waals surface area contributed by atoms with Crippen LogP contribution in [0.15, 0.2) is 50.4 Å². The van der Waals surface area contributed by atoms with E-state index in [1.54, 1.807) is 22.9 Å². The van der Waals surface area contributed by atoms with Gasteiger partial charge in [0.2, 0.25) is 0 Å². The number of nitrogen functional groups attached to an aromatic ring is 1. The van der Waals surface area contributed by atoms with Gasteiger partial charge in [-0.25, -0.2) is 9.97 Å². The summed E-state index contributed by atoms with van der Waals surface area (Å²) >= 11 is 6.66. The summed E-state index contributed by atoms with van der Waals surface area (Å²) < 4.78 is 8.12. The smallest absolute Gasteiger partial charge is 0.316 e. The Labute approximate surface area is 246 Å². The quantitative estimate of drug-likeness (QED) is 0.253. The van der Waals surface area contributed by atoms with Gasteiger partial charge < -0.3 is 10.5 Å². The number of carbonyl (C=O) groups is 2. The van der Waals surface area contributed by atoms with Gasteiger partial charge in [-0.2, -0.15) is 0 Å². The third kappa shape index (κ3) is 8.45. The number of rotatable bonds is 1. The van der Waals surface area contributed by atoms with Crippen LogP contribution in [0.5, 0.6) is 0 Å². The molecule has 2 aliphatic carbocycles. The molecule has 1 fully saturated rings. The van der Waals surface area contributed by atoms with Crippen molar-refractivity contribution in [2.75, 3.05) is 12.8 Å². The number of nitrogens with zero attached hydrogens (tertiary/aromatic N) is 3. The predicted octanol–water partition coefficient (Wildman–Crippen LogP) is 5.95. The number of hydrogen-bond donors (Lipinski definition) is 1. The van der Waals surface area contributed by atoms with Crippen molar-refractivity contribution in [2.45, 2.75) is 66.2 Å². The van der Waals surface area contributed by atoms with E-state index in [1.165, 1.54) is 7.11 Å². The number of fused-ring (bicyclic) bond motifs is 2. The summed E-state index contributed by atoms with van der Waals surface area (Å²) in [4.78, 5) is 43.5. The summed E-state index contributed by atoms with van der Waals surface area (Å²) in [5.74, 6) is -0.305. The lowest BCUT2D eigenvalue weighted by molar-refractivity contribution is -0.152. The second-order valence-electron chi connectivity index (χ2n) is 11.6. The van der Waals surface area contributed by atoms with E-state index in [1.807, 2.05) is 18.2 Å². The highest BCUT2D eigenvalue weighted by Crippen LogP contribution is 2.36. The zero-order valence-corrected chi connectivity index (χ0v) is 26.3.